The van der Waals surface area contributed by atoms with E-state index in [1.807, 2.05) is 0 Å². The van der Waals surface area contributed by atoms with Gasteiger partial charge in [-0.2, -0.15) is 23.5 Å². The van der Waals surface area contributed by atoms with E-state index >= 15 is 0 Å². The second-order valence-corrected chi connectivity index (χ2v) is 11.2. The number of anilines is 2. The number of nitriles is 1. The molecule has 0 unspecified atom stereocenters. The molecule has 3 aromatic heterocycles. The first kappa shape index (κ1) is 30.2. The lowest BCUT2D eigenvalue weighted by Crippen LogP contribution is -2.57. The summed E-state index contributed by atoms with van der Waals surface area (Å²) in [7, 11) is 0. The van der Waals surface area contributed by atoms with Crippen LogP contribution >= 0.6 is 11.6 Å². The van der Waals surface area contributed by atoms with Crippen molar-refractivity contribution in [2.45, 2.75) is 37.6 Å². The number of alkyl halides is 3. The van der Waals surface area contributed by atoms with Crippen molar-refractivity contribution in [3.05, 3.63) is 59.3 Å². The Balaban J connectivity index is 1.15. The van der Waals surface area contributed by atoms with Gasteiger partial charge in [0.2, 0.25) is 0 Å². The highest BCUT2D eigenvalue weighted by Gasteiger charge is 2.38. The molecule has 4 N–H and O–H groups in total. The molecule has 2 fully saturated rings. The lowest BCUT2D eigenvalue weighted by molar-refractivity contribution is -0.141. The summed E-state index contributed by atoms with van der Waals surface area (Å²) in [5.74, 6) is -0.0396. The van der Waals surface area contributed by atoms with Gasteiger partial charge in [0.15, 0.2) is 17.2 Å². The number of benzene rings is 1. The van der Waals surface area contributed by atoms with Crippen LogP contribution in [0.1, 0.15) is 28.9 Å². The molecule has 2 aliphatic rings. The van der Waals surface area contributed by atoms with Gasteiger partial charge in [0.1, 0.15) is 6.54 Å². The van der Waals surface area contributed by atoms with E-state index < -0.39 is 11.9 Å². The molecule has 0 spiro atoms. The number of fused-ring (bicyclic) bond motifs is 1. The lowest BCUT2D eigenvalue weighted by Gasteiger charge is -2.38. The number of hydrogen-bond acceptors (Lipinski definition) is 8. The van der Waals surface area contributed by atoms with Crippen LogP contribution < -0.4 is 16.4 Å². The van der Waals surface area contributed by atoms with Gasteiger partial charge in [0, 0.05) is 62.5 Å². The average Bonchev–Trinajstić information content (AvgIpc) is 3.61. The topological polar surface area (TPSA) is 162 Å². The van der Waals surface area contributed by atoms with Crippen LogP contribution in [0.2, 0.25) is 5.02 Å². The van der Waals surface area contributed by atoms with Gasteiger partial charge in [0.25, 0.3) is 5.91 Å². The van der Waals surface area contributed by atoms with Crippen LogP contribution in [0.15, 0.2) is 43.0 Å². The van der Waals surface area contributed by atoms with E-state index in [0.29, 0.717) is 31.9 Å². The molecule has 45 heavy (non-hydrogen) atoms. The predicted molar refractivity (Wildman–Crippen MR) is 157 cm³/mol. The summed E-state index contributed by atoms with van der Waals surface area (Å²) in [6, 6.07) is 6.60. The number of nitrogens with two attached hydrogens (primary N) is 1. The molecule has 1 saturated carbocycles. The zero-order valence-corrected chi connectivity index (χ0v) is 24.4. The van der Waals surface area contributed by atoms with Gasteiger partial charge in [-0.25, -0.2) is 14.8 Å². The summed E-state index contributed by atoms with van der Waals surface area (Å²) < 4.78 is 43.6. The molecular weight excluding hydrogens is 615 g/mol. The van der Waals surface area contributed by atoms with E-state index in [0.717, 1.165) is 23.7 Å². The van der Waals surface area contributed by atoms with Gasteiger partial charge in [-0.1, -0.05) is 11.6 Å². The number of rotatable bonds is 6. The Kier molecular flexibility index (Phi) is 7.97. The molecule has 1 aliphatic carbocycles. The van der Waals surface area contributed by atoms with Gasteiger partial charge in [0.05, 0.1) is 34.1 Å². The van der Waals surface area contributed by atoms with E-state index in [-0.39, 0.29) is 63.9 Å². The Labute approximate surface area is 259 Å². The molecule has 0 atom stereocenters. The Morgan fingerprint density at radius 1 is 1.13 bits per heavy atom. The zero-order valence-electron chi connectivity index (χ0n) is 23.6. The van der Waals surface area contributed by atoms with Crippen molar-refractivity contribution in [2.24, 2.45) is 5.73 Å². The first-order valence-electron chi connectivity index (χ1n) is 14.0. The number of halogens is 4. The first-order chi connectivity index (χ1) is 21.5. The number of aromatic nitrogens is 5. The summed E-state index contributed by atoms with van der Waals surface area (Å²) in [6.45, 7) is 1.13. The predicted octanol–water partition coefficient (Wildman–Crippen LogP) is 3.49. The highest BCUT2D eigenvalue weighted by atomic mass is 35.5. The van der Waals surface area contributed by atoms with E-state index in [1.54, 1.807) is 34.1 Å². The Morgan fingerprint density at radius 2 is 1.87 bits per heavy atom. The molecule has 4 aromatic rings. The molecule has 0 bridgehead atoms. The number of piperazine rings is 1. The smallest absolute Gasteiger partial charge is 0.337 e. The minimum Gasteiger partial charge on any atom is -0.337 e. The highest BCUT2D eigenvalue weighted by molar-refractivity contribution is 6.34. The van der Waals surface area contributed by atoms with Crippen molar-refractivity contribution in [2.75, 3.05) is 31.5 Å². The largest absolute Gasteiger partial charge is 0.435 e. The van der Waals surface area contributed by atoms with Gasteiger partial charge in [-0.15, -0.1) is 0 Å². The molecular formula is C28H27ClF3N11O2. The molecule has 3 amide bonds. The van der Waals surface area contributed by atoms with Crippen LogP contribution in [0.3, 0.4) is 0 Å². The molecule has 234 valence electrons. The van der Waals surface area contributed by atoms with Gasteiger partial charge in [-0.3, -0.25) is 13.9 Å². The maximum Gasteiger partial charge on any atom is 0.435 e. The molecule has 0 radical (unpaired) electrons. The molecule has 1 aromatic carbocycles. The van der Waals surface area contributed by atoms with Crippen molar-refractivity contribution in [3.8, 4) is 17.3 Å². The summed E-state index contributed by atoms with van der Waals surface area (Å²) in [5.41, 5.74) is 5.50. The quantitative estimate of drug-likeness (QED) is 0.288. The van der Waals surface area contributed by atoms with Gasteiger partial charge < -0.3 is 26.2 Å². The Morgan fingerprint density at radius 3 is 2.53 bits per heavy atom. The van der Waals surface area contributed by atoms with Crippen molar-refractivity contribution in [1.82, 2.24) is 39.3 Å². The molecule has 1 aliphatic heterocycles. The first-order valence-corrected chi connectivity index (χ1v) is 14.4. The number of imidazole rings is 1. The van der Waals surface area contributed by atoms with Crippen molar-refractivity contribution < 1.29 is 22.8 Å². The standard InChI is InChI=1S/C28H27ClF3N11O2/c29-21-13-17(1-2-19(21)26(44)40-7-9-41(10-8-40)27(45)38-18-11-16(34)12-18)37-24-25-36-14-22(43(25)6-4-35-24)20-15-42(5-3-33)39-23(20)28(30,31)32/h1-2,4,6,13-16,18H,5,7-12,34H2,(H,35,37)(H,38,45). The monoisotopic (exact) mass is 641 g/mol. The van der Waals surface area contributed by atoms with E-state index in [1.165, 1.54) is 23.0 Å². The van der Waals surface area contributed by atoms with Gasteiger partial charge in [-0.05, 0) is 31.0 Å². The van der Waals surface area contributed by atoms with Crippen LogP contribution in [-0.4, -0.2) is 84.1 Å². The number of nitrogens with zero attached hydrogens (tertiary/aromatic N) is 8. The zero-order chi connectivity index (χ0) is 31.9. The average molecular weight is 642 g/mol. The minimum atomic E-state index is -4.75. The van der Waals surface area contributed by atoms with Crippen LogP contribution in [0.25, 0.3) is 16.9 Å². The summed E-state index contributed by atoms with van der Waals surface area (Å²) in [6.07, 6.45) is 2.06. The van der Waals surface area contributed by atoms with E-state index in [2.05, 4.69) is 25.7 Å². The molecule has 17 heteroatoms. The third-order valence-electron chi connectivity index (χ3n) is 7.79. The molecule has 6 rings (SSSR count). The van der Waals surface area contributed by atoms with Crippen LogP contribution in [0.5, 0.6) is 0 Å². The number of carbonyl (C=O) groups excluding carboxylic acids is 2. The SMILES string of the molecule is N#CCn1cc(-c2cnc3c(Nc4ccc(C(=O)N5CCN(C(=O)NC6CC(N)C6)CC5)c(Cl)c4)nccn23)c(C(F)(F)F)n1. The third-order valence-corrected chi connectivity index (χ3v) is 8.10. The Hall–Kier alpha value is -4.88. The van der Waals surface area contributed by atoms with Crippen molar-refractivity contribution in [1.29, 1.82) is 5.26 Å². The van der Waals surface area contributed by atoms with Gasteiger partial charge >= 0.3 is 12.2 Å². The maximum atomic E-state index is 13.7. The third kappa shape index (κ3) is 6.08. The number of carbonyl (C=O) groups is 2. The van der Waals surface area contributed by atoms with E-state index in [4.69, 9.17) is 22.6 Å². The van der Waals surface area contributed by atoms with Crippen LogP contribution in [0.4, 0.5) is 29.5 Å². The molecule has 1 saturated heterocycles. The second-order valence-electron chi connectivity index (χ2n) is 10.8. The summed E-state index contributed by atoms with van der Waals surface area (Å²) in [5, 5.41) is 18.7. The fourth-order valence-electron chi connectivity index (χ4n) is 5.41. The van der Waals surface area contributed by atoms with Crippen molar-refractivity contribution >= 4 is 40.7 Å². The summed E-state index contributed by atoms with van der Waals surface area (Å²) in [4.78, 5) is 37.6. The second kappa shape index (κ2) is 11.9. The highest BCUT2D eigenvalue weighted by Crippen LogP contribution is 2.37. The minimum absolute atomic E-state index is 0.0957. The number of nitrogens with one attached hydrogen (secondary N) is 2. The molecule has 4 heterocycles. The Bertz CT molecular complexity index is 1800. The number of amides is 3. The number of urea groups is 1. The summed E-state index contributed by atoms with van der Waals surface area (Å²) >= 11 is 6.52. The van der Waals surface area contributed by atoms with Crippen LogP contribution in [0, 0.1) is 11.3 Å². The molecule has 13 nitrogen and oxygen atoms in total. The number of hydrogen-bond donors (Lipinski definition) is 3. The fraction of sp³-hybridized carbons (Fsp3) is 0.357. The van der Waals surface area contributed by atoms with E-state index in [9.17, 15) is 22.8 Å². The van der Waals surface area contributed by atoms with Crippen LogP contribution in [-0.2, 0) is 12.7 Å². The fourth-order valence-corrected chi connectivity index (χ4v) is 5.67. The maximum absolute atomic E-state index is 13.7. The van der Waals surface area contributed by atoms with Crippen molar-refractivity contribution in [3.63, 3.8) is 0 Å². The lowest BCUT2D eigenvalue weighted by atomic mass is 9.88. The normalized spacial score (nSPS) is 18.4.